The van der Waals surface area contributed by atoms with Gasteiger partial charge in [0.15, 0.2) is 6.10 Å². The second-order valence-electron chi connectivity index (χ2n) is 8.67. The Kier molecular flexibility index (Phi) is 11.0. The minimum Gasteiger partial charge on any atom is -0.453 e. The van der Waals surface area contributed by atoms with Crippen molar-refractivity contribution < 1.29 is 47.2 Å². The number of methoxy groups -OCH3 is 1. The van der Waals surface area contributed by atoms with Crippen molar-refractivity contribution in [3.8, 4) is 0 Å². The molecule has 3 N–H and O–H groups in total. The predicted molar refractivity (Wildman–Crippen MR) is 135 cm³/mol. The Balaban J connectivity index is 1.54. The molecule has 1 aliphatic rings. The zero-order chi connectivity index (χ0) is 29.1. The van der Waals surface area contributed by atoms with E-state index in [4.69, 9.17) is 18.9 Å². The summed E-state index contributed by atoms with van der Waals surface area (Å²) in [6.45, 7) is -0.840. The monoisotopic (exact) mass is 568 g/mol. The lowest BCUT2D eigenvalue weighted by molar-refractivity contribution is -0.176. The van der Waals surface area contributed by atoms with Crippen molar-refractivity contribution in [3.05, 3.63) is 53.1 Å². The normalized spacial score (nSPS) is 19.6. The van der Waals surface area contributed by atoms with Gasteiger partial charge >= 0.3 is 23.7 Å². The number of benzene rings is 1. The van der Waals surface area contributed by atoms with E-state index >= 15 is 8.78 Å². The van der Waals surface area contributed by atoms with Crippen molar-refractivity contribution >= 4 is 29.5 Å². The summed E-state index contributed by atoms with van der Waals surface area (Å²) in [5.74, 6) is -5.42. The van der Waals surface area contributed by atoms with E-state index in [2.05, 4.69) is 15.6 Å². The van der Waals surface area contributed by atoms with Crippen LogP contribution in [0.4, 0.5) is 25.1 Å². The summed E-state index contributed by atoms with van der Waals surface area (Å²) < 4.78 is 50.6. The van der Waals surface area contributed by atoms with Crippen LogP contribution in [0.15, 0.2) is 47.4 Å². The fourth-order valence-corrected chi connectivity index (χ4v) is 3.78. The molecule has 13 nitrogen and oxygen atoms in total. The van der Waals surface area contributed by atoms with Crippen LogP contribution < -0.4 is 16.3 Å². The topological polar surface area (TPSA) is 167 Å². The Hall–Kier alpha value is -3.95. The number of hydrogen-bond donors (Lipinski definition) is 3. The van der Waals surface area contributed by atoms with Crippen molar-refractivity contribution in [1.82, 2.24) is 9.55 Å². The number of para-hydroxylation sites is 1. The van der Waals surface area contributed by atoms with Crippen molar-refractivity contribution in [2.45, 2.75) is 50.0 Å². The van der Waals surface area contributed by atoms with Gasteiger partial charge in [0.25, 0.3) is 0 Å². The summed E-state index contributed by atoms with van der Waals surface area (Å²) in [4.78, 5) is 52.0. The summed E-state index contributed by atoms with van der Waals surface area (Å²) in [5.41, 5.74) is -0.572. The van der Waals surface area contributed by atoms with Gasteiger partial charge in [-0.15, -0.1) is 0 Å². The van der Waals surface area contributed by atoms with Crippen LogP contribution in [0.25, 0.3) is 0 Å². The highest BCUT2D eigenvalue weighted by molar-refractivity contribution is 5.90. The van der Waals surface area contributed by atoms with E-state index in [1.165, 1.54) is 7.11 Å². The third-order valence-electron chi connectivity index (χ3n) is 5.71. The van der Waals surface area contributed by atoms with Crippen molar-refractivity contribution in [2.24, 2.45) is 0 Å². The molecule has 0 saturated carbocycles. The highest BCUT2D eigenvalue weighted by Crippen LogP contribution is 2.44. The zero-order valence-electron chi connectivity index (χ0n) is 21.6. The average Bonchev–Trinajstić information content (AvgIpc) is 3.16. The molecule has 2 aromatic rings. The minimum absolute atomic E-state index is 0.0617. The van der Waals surface area contributed by atoms with Crippen LogP contribution >= 0.6 is 0 Å². The number of rotatable bonds is 13. The maximum absolute atomic E-state index is 15.3. The van der Waals surface area contributed by atoms with Crippen LogP contribution in [-0.4, -0.2) is 77.7 Å². The second kappa shape index (κ2) is 14.4. The fraction of sp³-hybridized carbons (Fsp3) is 0.480. The lowest BCUT2D eigenvalue weighted by Gasteiger charge is -2.24. The number of aliphatic hydroxyl groups excluding tert-OH is 1. The van der Waals surface area contributed by atoms with E-state index in [0.29, 0.717) is 16.7 Å². The zero-order valence-corrected chi connectivity index (χ0v) is 21.6. The van der Waals surface area contributed by atoms with Gasteiger partial charge in [0.05, 0.1) is 13.2 Å². The summed E-state index contributed by atoms with van der Waals surface area (Å²) in [5, 5.41) is 14.4. The fourth-order valence-electron chi connectivity index (χ4n) is 3.78. The Morgan fingerprint density at radius 1 is 1.10 bits per heavy atom. The molecule has 1 aromatic heterocycles. The van der Waals surface area contributed by atoms with Gasteiger partial charge in [-0.2, -0.15) is 13.8 Å². The van der Waals surface area contributed by atoms with E-state index in [9.17, 15) is 24.3 Å². The van der Waals surface area contributed by atoms with E-state index in [1.807, 2.05) is 0 Å². The highest BCUT2D eigenvalue weighted by atomic mass is 19.3. The number of esters is 1. The first kappa shape index (κ1) is 30.6. The maximum Gasteiger partial charge on any atom is 0.412 e. The summed E-state index contributed by atoms with van der Waals surface area (Å²) >= 11 is 0. The molecule has 15 heteroatoms. The van der Waals surface area contributed by atoms with Gasteiger partial charge in [-0.05, 0) is 31.0 Å². The number of ether oxygens (including phenoxy) is 4. The number of nitrogens with one attached hydrogen (secondary N) is 2. The van der Waals surface area contributed by atoms with Gasteiger partial charge < -0.3 is 29.4 Å². The van der Waals surface area contributed by atoms with E-state index in [-0.39, 0.29) is 44.2 Å². The number of unbranched alkanes of at least 4 members (excludes halogenated alkanes) is 1. The van der Waals surface area contributed by atoms with Crippen LogP contribution in [0.3, 0.4) is 0 Å². The molecular weight excluding hydrogens is 538 g/mol. The molecule has 3 rings (SSSR count). The third-order valence-corrected chi connectivity index (χ3v) is 5.71. The standard InChI is InChI=1S/C25H30F2N4O9/c1-37-13-14-38-24(36)30-18-11-12-31(23(35)29-18)22-25(26,27)21(17(15-32)39-22)40-20(34)10-6-5-9-19(33)28-16-7-3-2-4-8-16/h2-4,7-8,11-12,17,21-22,32H,5-6,9-10,13-15H2,1H3,(H,28,33)(H,29,30,35,36)/t17-,21-,22-/m1/s1. The Bertz CT molecular complexity index is 1210. The number of amides is 2. The Morgan fingerprint density at radius 2 is 1.82 bits per heavy atom. The second-order valence-corrected chi connectivity index (χ2v) is 8.67. The Morgan fingerprint density at radius 3 is 2.50 bits per heavy atom. The molecule has 1 aliphatic heterocycles. The van der Waals surface area contributed by atoms with Crippen LogP contribution in [-0.2, 0) is 28.5 Å². The number of halogens is 2. The molecule has 3 atom stereocenters. The number of carbonyl (C=O) groups excluding carboxylic acids is 3. The van der Waals surface area contributed by atoms with Gasteiger partial charge in [-0.25, -0.2) is 9.59 Å². The number of hydrogen-bond acceptors (Lipinski definition) is 10. The molecule has 1 saturated heterocycles. The SMILES string of the molecule is COCCOC(=O)Nc1ccn([C@@H]2O[C@H](CO)[C@@H](OC(=O)CCCCC(=O)Nc3ccccc3)C2(F)F)c(=O)n1. The van der Waals surface area contributed by atoms with Crippen molar-refractivity contribution in [3.63, 3.8) is 0 Å². The van der Waals surface area contributed by atoms with Crippen LogP contribution in [0, 0.1) is 0 Å². The van der Waals surface area contributed by atoms with E-state index < -0.39 is 48.7 Å². The maximum atomic E-state index is 15.3. The van der Waals surface area contributed by atoms with E-state index in [0.717, 1.165) is 12.3 Å². The summed E-state index contributed by atoms with van der Waals surface area (Å²) in [7, 11) is 1.41. The third kappa shape index (κ3) is 8.27. The average molecular weight is 569 g/mol. The Labute approximate surface area is 227 Å². The van der Waals surface area contributed by atoms with Gasteiger partial charge in [0.2, 0.25) is 12.1 Å². The molecule has 0 aliphatic carbocycles. The number of aliphatic hydroxyl groups is 1. The van der Waals surface area contributed by atoms with Gasteiger partial charge in [0.1, 0.15) is 18.5 Å². The molecule has 0 unspecified atom stereocenters. The number of aromatic nitrogens is 2. The quantitative estimate of drug-likeness (QED) is 0.240. The molecule has 0 radical (unpaired) electrons. The van der Waals surface area contributed by atoms with E-state index in [1.54, 1.807) is 30.3 Å². The molecule has 2 amide bonds. The summed E-state index contributed by atoms with van der Waals surface area (Å²) in [6.07, 6.45) is -5.72. The molecule has 1 aromatic carbocycles. The first-order valence-electron chi connectivity index (χ1n) is 12.4. The first-order valence-corrected chi connectivity index (χ1v) is 12.4. The first-order chi connectivity index (χ1) is 19.1. The number of carbonyl (C=O) groups is 3. The van der Waals surface area contributed by atoms with Gasteiger partial charge in [-0.3, -0.25) is 19.5 Å². The molecule has 0 spiro atoms. The molecule has 2 heterocycles. The van der Waals surface area contributed by atoms with Crippen molar-refractivity contribution in [1.29, 1.82) is 0 Å². The lowest BCUT2D eigenvalue weighted by Crippen LogP contribution is -2.44. The number of alkyl halides is 2. The molecule has 218 valence electrons. The smallest absolute Gasteiger partial charge is 0.412 e. The summed E-state index contributed by atoms with van der Waals surface area (Å²) in [6, 6.07) is 9.85. The van der Waals surface area contributed by atoms with Crippen LogP contribution in [0.2, 0.25) is 0 Å². The minimum atomic E-state index is -3.92. The lowest BCUT2D eigenvalue weighted by atomic mass is 10.1. The molecule has 1 fully saturated rings. The number of anilines is 2. The van der Waals surface area contributed by atoms with Crippen LogP contribution in [0.1, 0.15) is 31.9 Å². The van der Waals surface area contributed by atoms with Crippen LogP contribution in [0.5, 0.6) is 0 Å². The van der Waals surface area contributed by atoms with Gasteiger partial charge in [-0.1, -0.05) is 18.2 Å². The van der Waals surface area contributed by atoms with Crippen molar-refractivity contribution in [2.75, 3.05) is 37.6 Å². The predicted octanol–water partition coefficient (Wildman–Crippen LogP) is 2.07. The molecule has 0 bridgehead atoms. The molecular formula is C25H30F2N4O9. The largest absolute Gasteiger partial charge is 0.453 e. The highest BCUT2D eigenvalue weighted by Gasteiger charge is 2.62. The molecule has 40 heavy (non-hydrogen) atoms. The number of nitrogens with zero attached hydrogens (tertiary/aromatic N) is 2. The van der Waals surface area contributed by atoms with Gasteiger partial charge in [0, 0.05) is 31.8 Å².